The second-order valence-corrected chi connectivity index (χ2v) is 14.5. The van der Waals surface area contributed by atoms with Crippen LogP contribution in [0, 0.1) is 0 Å². The molecule has 0 heterocycles. The van der Waals surface area contributed by atoms with Gasteiger partial charge in [-0.25, -0.2) is 0 Å². The first kappa shape index (κ1) is 54.8. The predicted octanol–water partition coefficient (Wildman–Crippen LogP) is 15.0. The monoisotopic (exact) mass is 815 g/mol. The van der Waals surface area contributed by atoms with Crippen LogP contribution in [0.4, 0.5) is 0 Å². The molecule has 0 aliphatic rings. The number of ether oxygens (including phenoxy) is 3. The lowest BCUT2D eigenvalue weighted by atomic mass is 10.1. The number of hydrogen-bond acceptors (Lipinski definition) is 6. The summed E-state index contributed by atoms with van der Waals surface area (Å²) in [6, 6.07) is 0. The number of carbonyl (C=O) groups is 3. The summed E-state index contributed by atoms with van der Waals surface area (Å²) in [7, 11) is 0. The van der Waals surface area contributed by atoms with Gasteiger partial charge in [-0.1, -0.05) is 174 Å². The van der Waals surface area contributed by atoms with Crippen molar-refractivity contribution >= 4 is 17.9 Å². The highest BCUT2D eigenvalue weighted by molar-refractivity contribution is 5.71. The van der Waals surface area contributed by atoms with Crippen LogP contribution in [0.3, 0.4) is 0 Å². The summed E-state index contributed by atoms with van der Waals surface area (Å²) in [5, 5.41) is 0. The molecule has 0 spiro atoms. The minimum atomic E-state index is -0.855. The molecular formula is C53H82O6. The molecule has 0 N–H and O–H groups in total. The number of esters is 3. The Balaban J connectivity index is 4.64. The summed E-state index contributed by atoms with van der Waals surface area (Å²) in [4.78, 5) is 37.7. The molecule has 6 nitrogen and oxygen atoms in total. The molecule has 0 aromatic rings. The standard InChI is InChI=1S/C53H82O6/c1-4-7-10-13-16-19-22-25-26-27-29-31-34-37-40-43-46-52(55)58-49-50(48-57-51(54)45-42-39-36-33-30-24-21-18-15-12-9-6-3)59-53(56)47-44-41-38-35-32-28-23-20-17-14-11-8-5-2/h7,9-10,12,16,18-19,21,25-26,28-33,37-38,40-41,50H,4-6,8,11,13-15,17,20,22-24,27,34-36,39,42-49H2,1-3H3/b10-7-,12-9-,19-16-,21-18-,26-25-,31-29-,32-28-,33-30-,40-37-,41-38-. The van der Waals surface area contributed by atoms with E-state index in [9.17, 15) is 14.4 Å². The normalized spacial score (nSPS) is 13.2. The van der Waals surface area contributed by atoms with E-state index in [1.54, 1.807) is 0 Å². The number of unbranched alkanes of at least 4 members (excludes halogenated alkanes) is 8. The quantitative estimate of drug-likeness (QED) is 0.0266. The maximum absolute atomic E-state index is 12.7. The van der Waals surface area contributed by atoms with Gasteiger partial charge < -0.3 is 14.2 Å². The molecule has 0 radical (unpaired) electrons. The second kappa shape index (κ2) is 46.5. The molecular weight excluding hydrogens is 733 g/mol. The van der Waals surface area contributed by atoms with Crippen molar-refractivity contribution < 1.29 is 28.6 Å². The summed E-state index contributed by atoms with van der Waals surface area (Å²) in [5.74, 6) is -1.15. The summed E-state index contributed by atoms with van der Waals surface area (Å²) in [6.45, 7) is 6.21. The van der Waals surface area contributed by atoms with Crippen LogP contribution in [0.15, 0.2) is 122 Å². The number of rotatable bonds is 39. The third-order valence-corrected chi connectivity index (χ3v) is 8.96. The van der Waals surface area contributed by atoms with Crippen molar-refractivity contribution in [3.05, 3.63) is 122 Å². The zero-order chi connectivity index (χ0) is 43.0. The predicted molar refractivity (Wildman–Crippen MR) is 251 cm³/mol. The fourth-order valence-electron chi connectivity index (χ4n) is 5.56. The van der Waals surface area contributed by atoms with E-state index < -0.39 is 12.1 Å². The van der Waals surface area contributed by atoms with Gasteiger partial charge in [0, 0.05) is 19.3 Å². The molecule has 0 aliphatic heterocycles. The van der Waals surface area contributed by atoms with Gasteiger partial charge in [-0.15, -0.1) is 0 Å². The van der Waals surface area contributed by atoms with Gasteiger partial charge >= 0.3 is 17.9 Å². The first-order valence-corrected chi connectivity index (χ1v) is 23.0. The SMILES string of the molecule is CC/C=C\C/C=C\C/C=C\C/C=C\C/C=C\CCC(=O)OCC(COC(=O)CCCC/C=C\C/C=C\C/C=C\CC)OC(=O)CC/C=C\C/C=C\CCCCCCCC. The highest BCUT2D eigenvalue weighted by Gasteiger charge is 2.19. The van der Waals surface area contributed by atoms with E-state index in [1.165, 1.54) is 38.5 Å². The highest BCUT2D eigenvalue weighted by atomic mass is 16.6. The third kappa shape index (κ3) is 44.8. The average molecular weight is 815 g/mol. The summed E-state index contributed by atoms with van der Waals surface area (Å²) < 4.78 is 16.5. The van der Waals surface area contributed by atoms with E-state index >= 15 is 0 Å². The van der Waals surface area contributed by atoms with Crippen molar-refractivity contribution in [2.75, 3.05) is 13.2 Å². The Bertz CT molecular complexity index is 1300. The Morgan fingerprint density at radius 1 is 0.356 bits per heavy atom. The van der Waals surface area contributed by atoms with Crippen molar-refractivity contribution in [2.45, 2.75) is 181 Å². The summed E-state index contributed by atoms with van der Waals surface area (Å²) in [5.41, 5.74) is 0. The molecule has 59 heavy (non-hydrogen) atoms. The lowest BCUT2D eigenvalue weighted by Crippen LogP contribution is -2.30. The lowest BCUT2D eigenvalue weighted by Gasteiger charge is -2.18. The Hall–Kier alpha value is -4.19. The molecule has 0 amide bonds. The molecule has 1 unspecified atom stereocenters. The maximum atomic E-state index is 12.7. The van der Waals surface area contributed by atoms with Gasteiger partial charge in [-0.3, -0.25) is 14.4 Å². The second-order valence-electron chi connectivity index (χ2n) is 14.5. The number of allylic oxidation sites excluding steroid dienone is 20. The van der Waals surface area contributed by atoms with Gasteiger partial charge in [0.1, 0.15) is 13.2 Å². The largest absolute Gasteiger partial charge is 0.462 e. The minimum absolute atomic E-state index is 0.147. The Kier molecular flexibility index (Phi) is 43.2. The van der Waals surface area contributed by atoms with E-state index in [1.807, 2.05) is 18.2 Å². The number of carbonyl (C=O) groups excluding carboxylic acids is 3. The molecule has 0 aliphatic carbocycles. The molecule has 0 saturated carbocycles. The first-order valence-electron chi connectivity index (χ1n) is 23.0. The summed E-state index contributed by atoms with van der Waals surface area (Å²) >= 11 is 0. The van der Waals surface area contributed by atoms with Crippen LogP contribution < -0.4 is 0 Å². The van der Waals surface area contributed by atoms with Crippen molar-refractivity contribution in [3.63, 3.8) is 0 Å². The van der Waals surface area contributed by atoms with Crippen LogP contribution in [-0.2, 0) is 28.6 Å². The molecule has 0 fully saturated rings. The van der Waals surface area contributed by atoms with Crippen LogP contribution in [0.1, 0.15) is 175 Å². The molecule has 0 bridgehead atoms. The Morgan fingerprint density at radius 3 is 1.14 bits per heavy atom. The van der Waals surface area contributed by atoms with Crippen LogP contribution >= 0.6 is 0 Å². The van der Waals surface area contributed by atoms with Crippen molar-refractivity contribution in [3.8, 4) is 0 Å². The lowest BCUT2D eigenvalue weighted by molar-refractivity contribution is -0.166. The zero-order valence-corrected chi connectivity index (χ0v) is 37.5. The molecule has 0 aromatic carbocycles. The van der Waals surface area contributed by atoms with E-state index in [2.05, 4.69) is 124 Å². The van der Waals surface area contributed by atoms with E-state index in [0.717, 1.165) is 77.0 Å². The van der Waals surface area contributed by atoms with E-state index in [4.69, 9.17) is 14.2 Å². The van der Waals surface area contributed by atoms with E-state index in [-0.39, 0.29) is 44.4 Å². The third-order valence-electron chi connectivity index (χ3n) is 8.96. The topological polar surface area (TPSA) is 78.9 Å². The smallest absolute Gasteiger partial charge is 0.306 e. The van der Waals surface area contributed by atoms with Gasteiger partial charge in [0.15, 0.2) is 6.10 Å². The van der Waals surface area contributed by atoms with Crippen molar-refractivity contribution in [1.82, 2.24) is 0 Å². The minimum Gasteiger partial charge on any atom is -0.462 e. The first-order chi connectivity index (χ1) is 29.0. The van der Waals surface area contributed by atoms with Crippen LogP contribution in [0.2, 0.25) is 0 Å². The molecule has 0 aromatic heterocycles. The van der Waals surface area contributed by atoms with Gasteiger partial charge in [0.2, 0.25) is 0 Å². The van der Waals surface area contributed by atoms with Gasteiger partial charge in [0.25, 0.3) is 0 Å². The fraction of sp³-hybridized carbons (Fsp3) is 0.566. The van der Waals surface area contributed by atoms with Crippen molar-refractivity contribution in [1.29, 1.82) is 0 Å². The average Bonchev–Trinajstić information content (AvgIpc) is 3.23. The molecule has 6 heteroatoms. The highest BCUT2D eigenvalue weighted by Crippen LogP contribution is 2.09. The summed E-state index contributed by atoms with van der Waals surface area (Å²) in [6.07, 6.45) is 63.5. The maximum Gasteiger partial charge on any atom is 0.306 e. The fourth-order valence-corrected chi connectivity index (χ4v) is 5.56. The van der Waals surface area contributed by atoms with Crippen molar-refractivity contribution in [2.24, 2.45) is 0 Å². The molecule has 0 saturated heterocycles. The van der Waals surface area contributed by atoms with Crippen LogP contribution in [0.5, 0.6) is 0 Å². The van der Waals surface area contributed by atoms with Gasteiger partial charge in [-0.2, -0.15) is 0 Å². The van der Waals surface area contributed by atoms with Gasteiger partial charge in [-0.05, 0) is 103 Å². The van der Waals surface area contributed by atoms with Crippen LogP contribution in [0.25, 0.3) is 0 Å². The zero-order valence-electron chi connectivity index (χ0n) is 37.5. The molecule has 330 valence electrons. The Morgan fingerprint density at radius 2 is 0.695 bits per heavy atom. The number of hydrogen-bond donors (Lipinski definition) is 0. The van der Waals surface area contributed by atoms with Gasteiger partial charge in [0.05, 0.1) is 0 Å². The molecule has 1 atom stereocenters. The van der Waals surface area contributed by atoms with E-state index in [0.29, 0.717) is 19.3 Å². The Labute approximate surface area is 361 Å². The molecule has 0 rings (SSSR count). The van der Waals surface area contributed by atoms with Crippen LogP contribution in [-0.4, -0.2) is 37.2 Å².